The van der Waals surface area contributed by atoms with Crippen molar-refractivity contribution in [3.05, 3.63) is 293 Å². The second-order valence-corrected chi connectivity index (χ2v) is 17.1. The van der Waals surface area contributed by atoms with Crippen molar-refractivity contribution in [2.24, 2.45) is 0 Å². The van der Waals surface area contributed by atoms with Crippen molar-refractivity contribution < 1.29 is 0 Å². The minimum absolute atomic E-state index is 0.452. The third kappa shape index (κ3) is 4.94. The van der Waals surface area contributed by atoms with Gasteiger partial charge in [-0.05, 0) is 114 Å². The summed E-state index contributed by atoms with van der Waals surface area (Å²) in [6.45, 7) is 0. The van der Waals surface area contributed by atoms with E-state index in [0.717, 1.165) is 5.69 Å². The molecule has 0 radical (unpaired) electrons. The molecule has 0 fully saturated rings. The molecule has 0 bridgehead atoms. The first-order valence-electron chi connectivity index (χ1n) is 22.0. The van der Waals surface area contributed by atoms with Crippen LogP contribution in [-0.2, 0) is 10.8 Å². The molecule has 0 saturated heterocycles. The predicted molar refractivity (Wildman–Crippen MR) is 261 cm³/mol. The van der Waals surface area contributed by atoms with E-state index in [1.54, 1.807) is 0 Å². The molecule has 2 aliphatic rings. The summed E-state index contributed by atoms with van der Waals surface area (Å²) in [4.78, 5) is 0. The molecule has 1 nitrogen and oxygen atoms in total. The van der Waals surface area contributed by atoms with Crippen molar-refractivity contribution >= 4 is 21.8 Å². The van der Waals surface area contributed by atoms with E-state index in [9.17, 15) is 0 Å². The molecule has 13 rings (SSSR count). The van der Waals surface area contributed by atoms with Gasteiger partial charge in [-0.2, -0.15) is 0 Å². The maximum atomic E-state index is 2.48. The molecule has 0 aliphatic heterocycles. The van der Waals surface area contributed by atoms with Crippen LogP contribution in [0.3, 0.4) is 0 Å². The molecule has 0 saturated carbocycles. The van der Waals surface area contributed by atoms with Crippen LogP contribution in [0.25, 0.3) is 60.9 Å². The number of aromatic nitrogens is 1. The summed E-state index contributed by atoms with van der Waals surface area (Å²) in [5.41, 5.74) is 20.6. The third-order valence-electron chi connectivity index (χ3n) is 14.2. The van der Waals surface area contributed by atoms with E-state index in [2.05, 4.69) is 253 Å². The molecule has 294 valence electrons. The Bertz CT molecular complexity index is 3470. The number of hydrogen-bond donors (Lipinski definition) is 0. The molecule has 0 N–H and O–H groups in total. The average molecular weight is 800 g/mol. The van der Waals surface area contributed by atoms with Gasteiger partial charge >= 0.3 is 0 Å². The van der Waals surface area contributed by atoms with Crippen LogP contribution in [-0.4, -0.2) is 4.57 Å². The summed E-state index contributed by atoms with van der Waals surface area (Å²) in [6.07, 6.45) is 0. The van der Waals surface area contributed by atoms with Crippen LogP contribution < -0.4 is 0 Å². The van der Waals surface area contributed by atoms with Gasteiger partial charge in [0.15, 0.2) is 0 Å². The molecular weight excluding hydrogens is 759 g/mol. The summed E-state index contributed by atoms with van der Waals surface area (Å²) in [5.74, 6) is 0. The lowest BCUT2D eigenvalue weighted by atomic mass is 9.67. The lowest BCUT2D eigenvalue weighted by Crippen LogP contribution is -2.28. The Morgan fingerprint density at radius 1 is 0.254 bits per heavy atom. The van der Waals surface area contributed by atoms with E-state index in [0.29, 0.717) is 0 Å². The fourth-order valence-electron chi connectivity index (χ4n) is 11.6. The molecule has 0 amide bonds. The highest BCUT2D eigenvalue weighted by atomic mass is 15.0. The first kappa shape index (κ1) is 35.7. The van der Waals surface area contributed by atoms with Crippen molar-refractivity contribution in [1.29, 1.82) is 0 Å². The van der Waals surface area contributed by atoms with E-state index >= 15 is 0 Å². The van der Waals surface area contributed by atoms with E-state index < -0.39 is 10.8 Å². The van der Waals surface area contributed by atoms with Gasteiger partial charge < -0.3 is 4.57 Å². The van der Waals surface area contributed by atoms with Crippen LogP contribution in [0.4, 0.5) is 0 Å². The maximum absolute atomic E-state index is 2.48. The zero-order valence-corrected chi connectivity index (χ0v) is 34.6. The minimum atomic E-state index is -0.474. The van der Waals surface area contributed by atoms with Gasteiger partial charge in [0.25, 0.3) is 0 Å². The van der Waals surface area contributed by atoms with Crippen molar-refractivity contribution in [3.63, 3.8) is 0 Å². The summed E-state index contributed by atoms with van der Waals surface area (Å²) < 4.78 is 2.48. The van der Waals surface area contributed by atoms with Gasteiger partial charge in [-0.1, -0.05) is 212 Å². The van der Waals surface area contributed by atoms with Crippen LogP contribution >= 0.6 is 0 Å². The average Bonchev–Trinajstić information content (AvgIpc) is 3.97. The molecule has 1 heteroatoms. The second kappa shape index (κ2) is 13.8. The van der Waals surface area contributed by atoms with Crippen LogP contribution in [0, 0.1) is 0 Å². The Morgan fingerprint density at radius 3 is 1.21 bits per heavy atom. The largest absolute Gasteiger partial charge is 0.309 e. The second-order valence-electron chi connectivity index (χ2n) is 17.1. The fourth-order valence-corrected chi connectivity index (χ4v) is 11.6. The standard InChI is InChI=1S/C62H41N/c1-5-19-44(20-6-1)61(45-21-7-2-8-22-45)55-30-16-13-27-49(55)51-36-33-43(40-57(51)61)42-34-38-60-54(39-42)53-29-15-18-32-59(53)63(60)48-35-37-52-50-28-14-17-31-56(50)62(58(52)41-48,46-23-9-3-10-24-46)47-25-11-4-12-26-47/h1-41H. The Morgan fingerprint density at radius 2 is 0.651 bits per heavy atom. The topological polar surface area (TPSA) is 4.93 Å². The highest BCUT2D eigenvalue weighted by Gasteiger charge is 2.47. The van der Waals surface area contributed by atoms with E-state index in [1.165, 1.54) is 99.7 Å². The van der Waals surface area contributed by atoms with E-state index in [-0.39, 0.29) is 0 Å². The van der Waals surface area contributed by atoms with E-state index in [4.69, 9.17) is 0 Å². The smallest absolute Gasteiger partial charge is 0.0714 e. The summed E-state index contributed by atoms with van der Waals surface area (Å²) in [5, 5.41) is 2.48. The molecule has 11 aromatic rings. The fraction of sp³-hybridized carbons (Fsp3) is 0.0323. The summed E-state index contributed by atoms with van der Waals surface area (Å²) in [7, 11) is 0. The minimum Gasteiger partial charge on any atom is -0.309 e. The van der Waals surface area contributed by atoms with Gasteiger partial charge in [-0.15, -0.1) is 0 Å². The van der Waals surface area contributed by atoms with Gasteiger partial charge in [0.1, 0.15) is 0 Å². The van der Waals surface area contributed by atoms with Crippen LogP contribution in [0.2, 0.25) is 0 Å². The molecular formula is C62H41N. The van der Waals surface area contributed by atoms with Gasteiger partial charge in [-0.3, -0.25) is 0 Å². The molecule has 0 spiro atoms. The first-order chi connectivity index (χ1) is 31.3. The van der Waals surface area contributed by atoms with Crippen molar-refractivity contribution in [2.75, 3.05) is 0 Å². The lowest BCUT2D eigenvalue weighted by Gasteiger charge is -2.34. The normalized spacial score (nSPS) is 14.0. The van der Waals surface area contributed by atoms with E-state index in [1.807, 2.05) is 0 Å². The zero-order valence-electron chi connectivity index (χ0n) is 34.6. The van der Waals surface area contributed by atoms with Gasteiger partial charge in [-0.25, -0.2) is 0 Å². The van der Waals surface area contributed by atoms with Crippen LogP contribution in [0.15, 0.2) is 249 Å². The van der Waals surface area contributed by atoms with Crippen molar-refractivity contribution in [3.8, 4) is 39.1 Å². The molecule has 10 aromatic carbocycles. The highest BCUT2D eigenvalue weighted by molar-refractivity contribution is 6.10. The monoisotopic (exact) mass is 799 g/mol. The Labute approximate surface area is 367 Å². The SMILES string of the molecule is c1ccc(C2(c3ccccc3)c3ccccc3-c3ccc(-c4ccc5c(c4)c4ccccc4n5-c4ccc5c(c4)C(c4ccccc4)(c4ccccc4)c4ccccc4-5)cc32)cc1. The molecule has 1 aromatic heterocycles. The number of benzene rings is 10. The van der Waals surface area contributed by atoms with Gasteiger partial charge in [0.2, 0.25) is 0 Å². The first-order valence-corrected chi connectivity index (χ1v) is 22.0. The maximum Gasteiger partial charge on any atom is 0.0714 e. The number of fused-ring (bicyclic) bond motifs is 9. The Kier molecular flexibility index (Phi) is 7.80. The zero-order chi connectivity index (χ0) is 41.5. The third-order valence-corrected chi connectivity index (χ3v) is 14.2. The predicted octanol–water partition coefficient (Wildman–Crippen LogP) is 15.2. The number of para-hydroxylation sites is 1. The lowest BCUT2D eigenvalue weighted by molar-refractivity contribution is 0.767. The van der Waals surface area contributed by atoms with Crippen molar-refractivity contribution in [2.45, 2.75) is 10.8 Å². The molecule has 1 heterocycles. The Balaban J connectivity index is 1.02. The molecule has 2 aliphatic carbocycles. The van der Waals surface area contributed by atoms with Gasteiger partial charge in [0.05, 0.1) is 21.9 Å². The highest BCUT2D eigenvalue weighted by Crippen LogP contribution is 2.58. The Hall–Kier alpha value is -8.00. The number of nitrogens with zero attached hydrogens (tertiary/aromatic N) is 1. The van der Waals surface area contributed by atoms with Gasteiger partial charge in [0, 0.05) is 16.5 Å². The van der Waals surface area contributed by atoms with Crippen LogP contribution in [0.1, 0.15) is 44.5 Å². The van der Waals surface area contributed by atoms with Crippen molar-refractivity contribution in [1.82, 2.24) is 4.57 Å². The molecule has 0 unspecified atom stereocenters. The summed E-state index contributed by atoms with van der Waals surface area (Å²) >= 11 is 0. The molecule has 0 atom stereocenters. The quantitative estimate of drug-likeness (QED) is 0.158. The molecule has 63 heavy (non-hydrogen) atoms. The number of rotatable bonds is 6. The number of hydrogen-bond acceptors (Lipinski definition) is 0. The van der Waals surface area contributed by atoms with Crippen LogP contribution in [0.5, 0.6) is 0 Å². The summed E-state index contributed by atoms with van der Waals surface area (Å²) in [6, 6.07) is 92.6.